The van der Waals surface area contributed by atoms with Gasteiger partial charge in [0.2, 0.25) is 11.9 Å². The summed E-state index contributed by atoms with van der Waals surface area (Å²) in [6, 6.07) is 8.25. The normalized spacial score (nSPS) is 19.4. The molecule has 25 heavy (non-hydrogen) atoms. The van der Waals surface area contributed by atoms with Crippen LogP contribution < -0.4 is 15.5 Å². The number of para-hydroxylation sites is 1. The molecular formula is C19H25N5O. The third-order valence-electron chi connectivity index (χ3n) is 5.41. The van der Waals surface area contributed by atoms with Crippen LogP contribution in [0.5, 0.6) is 0 Å². The zero-order valence-electron chi connectivity index (χ0n) is 14.5. The first-order valence-electron chi connectivity index (χ1n) is 9.28. The number of nitrogens with two attached hydrogens (primary N) is 1. The van der Waals surface area contributed by atoms with Crippen molar-refractivity contribution in [1.82, 2.24) is 9.97 Å². The minimum atomic E-state index is -0.187. The number of primary amides is 1. The average molecular weight is 339 g/mol. The molecule has 2 N–H and O–H groups in total. The second kappa shape index (κ2) is 6.86. The summed E-state index contributed by atoms with van der Waals surface area (Å²) in [6.07, 6.45) is 5.30. The summed E-state index contributed by atoms with van der Waals surface area (Å²) >= 11 is 0. The fourth-order valence-corrected chi connectivity index (χ4v) is 3.90. The molecule has 1 amide bonds. The molecule has 1 aromatic heterocycles. The van der Waals surface area contributed by atoms with Gasteiger partial charge in [0, 0.05) is 37.5 Å². The van der Waals surface area contributed by atoms with Crippen LogP contribution >= 0.6 is 0 Å². The molecule has 6 nitrogen and oxygen atoms in total. The van der Waals surface area contributed by atoms with Gasteiger partial charge in [-0.2, -0.15) is 4.98 Å². The fraction of sp³-hybridized carbons (Fsp3) is 0.526. The smallest absolute Gasteiger partial charge is 0.227 e. The number of fused-ring (bicyclic) bond motifs is 1. The summed E-state index contributed by atoms with van der Waals surface area (Å²) in [5.74, 6) is 1.63. The predicted octanol–water partition coefficient (Wildman–Crippen LogP) is 2.32. The van der Waals surface area contributed by atoms with Crippen molar-refractivity contribution in [3.63, 3.8) is 0 Å². The van der Waals surface area contributed by atoms with Crippen molar-refractivity contribution < 1.29 is 4.79 Å². The van der Waals surface area contributed by atoms with Crippen LogP contribution in [0.25, 0.3) is 10.9 Å². The van der Waals surface area contributed by atoms with E-state index in [9.17, 15) is 4.79 Å². The lowest BCUT2D eigenvalue weighted by molar-refractivity contribution is -0.122. The van der Waals surface area contributed by atoms with Gasteiger partial charge in [0.15, 0.2) is 0 Å². The summed E-state index contributed by atoms with van der Waals surface area (Å²) in [5.41, 5.74) is 6.44. The molecule has 1 aromatic carbocycles. The topological polar surface area (TPSA) is 75.4 Å². The third kappa shape index (κ3) is 3.25. The quantitative estimate of drug-likeness (QED) is 0.929. The van der Waals surface area contributed by atoms with Crippen LogP contribution in [-0.2, 0) is 4.79 Å². The third-order valence-corrected chi connectivity index (χ3v) is 5.41. The molecule has 0 bridgehead atoms. The van der Waals surface area contributed by atoms with Gasteiger partial charge in [-0.15, -0.1) is 0 Å². The van der Waals surface area contributed by atoms with Gasteiger partial charge in [-0.1, -0.05) is 12.1 Å². The maximum absolute atomic E-state index is 11.4. The van der Waals surface area contributed by atoms with E-state index in [0.29, 0.717) is 0 Å². The second-order valence-corrected chi connectivity index (χ2v) is 7.08. The molecule has 4 rings (SSSR count). The molecule has 2 aromatic rings. The number of aromatic nitrogens is 2. The molecule has 0 spiro atoms. The highest BCUT2D eigenvalue weighted by Crippen LogP contribution is 2.30. The Morgan fingerprint density at radius 1 is 0.960 bits per heavy atom. The first-order valence-corrected chi connectivity index (χ1v) is 9.28. The monoisotopic (exact) mass is 339 g/mol. The Morgan fingerprint density at radius 2 is 1.68 bits per heavy atom. The Kier molecular flexibility index (Phi) is 4.42. The summed E-state index contributed by atoms with van der Waals surface area (Å²) in [6.45, 7) is 3.69. The van der Waals surface area contributed by atoms with Crippen molar-refractivity contribution in [3.8, 4) is 0 Å². The Morgan fingerprint density at radius 3 is 2.40 bits per heavy atom. The standard InChI is InChI=1S/C19H25N5O/c20-17(25)14-8-12-24(13-9-14)19-21-16-7-3-2-6-15(16)18(22-19)23-10-4-1-5-11-23/h2-3,6-7,14H,1,4-5,8-13H2,(H2,20,25). The summed E-state index contributed by atoms with van der Waals surface area (Å²) in [4.78, 5) is 25.7. The number of benzene rings is 1. The maximum Gasteiger partial charge on any atom is 0.227 e. The molecule has 6 heteroatoms. The van der Waals surface area contributed by atoms with Crippen LogP contribution in [0.2, 0.25) is 0 Å². The van der Waals surface area contributed by atoms with E-state index in [1.807, 2.05) is 6.07 Å². The summed E-state index contributed by atoms with van der Waals surface area (Å²) < 4.78 is 0. The van der Waals surface area contributed by atoms with E-state index in [4.69, 9.17) is 15.7 Å². The number of piperidine rings is 2. The van der Waals surface area contributed by atoms with Crippen molar-refractivity contribution in [3.05, 3.63) is 24.3 Å². The lowest BCUT2D eigenvalue weighted by Crippen LogP contribution is -2.39. The molecule has 2 fully saturated rings. The van der Waals surface area contributed by atoms with Gasteiger partial charge in [-0.3, -0.25) is 4.79 Å². The number of nitrogens with zero attached hydrogens (tertiary/aromatic N) is 4. The molecule has 2 aliphatic heterocycles. The highest BCUT2D eigenvalue weighted by molar-refractivity contribution is 5.90. The highest BCUT2D eigenvalue weighted by atomic mass is 16.1. The van der Waals surface area contributed by atoms with E-state index in [0.717, 1.165) is 61.7 Å². The zero-order chi connectivity index (χ0) is 17.2. The molecule has 0 aliphatic carbocycles. The van der Waals surface area contributed by atoms with Gasteiger partial charge in [0.25, 0.3) is 0 Å². The van der Waals surface area contributed by atoms with E-state index in [2.05, 4.69) is 28.0 Å². The van der Waals surface area contributed by atoms with Crippen LogP contribution in [0, 0.1) is 5.92 Å². The van der Waals surface area contributed by atoms with Gasteiger partial charge in [0.1, 0.15) is 5.82 Å². The number of hydrogen-bond acceptors (Lipinski definition) is 5. The van der Waals surface area contributed by atoms with Crippen LogP contribution in [0.15, 0.2) is 24.3 Å². The molecule has 0 radical (unpaired) electrons. The van der Waals surface area contributed by atoms with Crippen molar-refractivity contribution in [2.24, 2.45) is 11.7 Å². The van der Waals surface area contributed by atoms with E-state index >= 15 is 0 Å². The minimum absolute atomic E-state index is 0.0155. The lowest BCUT2D eigenvalue weighted by Gasteiger charge is -2.33. The summed E-state index contributed by atoms with van der Waals surface area (Å²) in [5, 5.41) is 1.13. The summed E-state index contributed by atoms with van der Waals surface area (Å²) in [7, 11) is 0. The second-order valence-electron chi connectivity index (χ2n) is 7.08. The number of rotatable bonds is 3. The molecule has 2 saturated heterocycles. The molecular weight excluding hydrogens is 314 g/mol. The van der Waals surface area contributed by atoms with E-state index < -0.39 is 0 Å². The molecule has 0 atom stereocenters. The lowest BCUT2D eigenvalue weighted by atomic mass is 9.96. The molecule has 0 saturated carbocycles. The fourth-order valence-electron chi connectivity index (χ4n) is 3.90. The van der Waals surface area contributed by atoms with Crippen molar-refractivity contribution in [1.29, 1.82) is 0 Å². The van der Waals surface area contributed by atoms with Gasteiger partial charge in [0.05, 0.1) is 5.52 Å². The Bertz CT molecular complexity index is 763. The Balaban J connectivity index is 1.66. The van der Waals surface area contributed by atoms with Gasteiger partial charge in [-0.05, 0) is 44.2 Å². The van der Waals surface area contributed by atoms with E-state index in [1.54, 1.807) is 0 Å². The Hall–Kier alpha value is -2.37. The highest BCUT2D eigenvalue weighted by Gasteiger charge is 2.26. The number of anilines is 2. The number of carbonyl (C=O) groups is 1. The minimum Gasteiger partial charge on any atom is -0.369 e. The van der Waals surface area contributed by atoms with Crippen LogP contribution in [0.3, 0.4) is 0 Å². The molecule has 3 heterocycles. The largest absolute Gasteiger partial charge is 0.369 e. The van der Waals surface area contributed by atoms with Gasteiger partial charge >= 0.3 is 0 Å². The van der Waals surface area contributed by atoms with E-state index in [1.165, 1.54) is 19.3 Å². The van der Waals surface area contributed by atoms with Crippen LogP contribution in [-0.4, -0.2) is 42.1 Å². The van der Waals surface area contributed by atoms with Gasteiger partial charge in [-0.25, -0.2) is 4.98 Å². The maximum atomic E-state index is 11.4. The van der Waals surface area contributed by atoms with E-state index in [-0.39, 0.29) is 11.8 Å². The SMILES string of the molecule is NC(=O)C1CCN(c2nc(N3CCCCC3)c3ccccc3n2)CC1. The number of amides is 1. The predicted molar refractivity (Wildman–Crippen MR) is 99.7 cm³/mol. The van der Waals surface area contributed by atoms with Crippen LogP contribution in [0.4, 0.5) is 11.8 Å². The number of carbonyl (C=O) groups excluding carboxylic acids is 1. The van der Waals surface area contributed by atoms with Crippen molar-refractivity contribution in [2.45, 2.75) is 32.1 Å². The zero-order valence-corrected chi connectivity index (χ0v) is 14.5. The first kappa shape index (κ1) is 16.1. The average Bonchev–Trinajstić information content (AvgIpc) is 2.68. The Labute approximate surface area is 148 Å². The van der Waals surface area contributed by atoms with Crippen molar-refractivity contribution in [2.75, 3.05) is 36.0 Å². The molecule has 2 aliphatic rings. The molecule has 132 valence electrons. The van der Waals surface area contributed by atoms with Crippen molar-refractivity contribution >= 4 is 28.6 Å². The first-order chi connectivity index (χ1) is 12.2. The number of hydrogen-bond donors (Lipinski definition) is 1. The van der Waals surface area contributed by atoms with Crippen LogP contribution in [0.1, 0.15) is 32.1 Å². The van der Waals surface area contributed by atoms with Gasteiger partial charge < -0.3 is 15.5 Å². The molecule has 0 unspecified atom stereocenters.